The second-order valence-corrected chi connectivity index (χ2v) is 44.0. The van der Waals surface area contributed by atoms with Gasteiger partial charge in [0.2, 0.25) is 0 Å². The number of hydrogen-bond acceptors (Lipinski definition) is 2. The average Bonchev–Trinajstić information content (AvgIpc) is 3.23. The molecule has 0 fully saturated rings. The summed E-state index contributed by atoms with van der Waals surface area (Å²) >= 11 is 3.65. The SMILES string of the molecule is CC1=Cc2c(Br)cccc2[CH]1[Zr]([CH]1C(C)=Cc2c(Br)cccc21)([N](C)C)([N](C)C)[SiH](C)C. The summed E-state index contributed by atoms with van der Waals surface area (Å²) in [5.74, 6) is -1.26. The Bertz CT molecular complexity index is 1050. The van der Waals surface area contributed by atoms with Gasteiger partial charge in [0, 0.05) is 0 Å². The van der Waals surface area contributed by atoms with E-state index in [4.69, 9.17) is 0 Å². The van der Waals surface area contributed by atoms with Crippen molar-refractivity contribution in [3.63, 3.8) is 0 Å². The molecule has 0 saturated carbocycles. The Morgan fingerprint density at radius 2 is 1.09 bits per heavy atom. The van der Waals surface area contributed by atoms with Crippen LogP contribution < -0.4 is 0 Å². The van der Waals surface area contributed by atoms with Crippen LogP contribution in [-0.4, -0.2) is 39.8 Å². The molecule has 6 heteroatoms. The van der Waals surface area contributed by atoms with Gasteiger partial charge in [-0.05, 0) is 0 Å². The molecule has 2 nitrogen and oxygen atoms in total. The molecule has 2 aromatic carbocycles. The number of nitrogens with zero attached hydrogens (tertiary/aromatic N) is 2. The van der Waals surface area contributed by atoms with E-state index in [-0.39, 0.29) is 0 Å². The zero-order valence-corrected chi connectivity index (χ0v) is 27.3. The molecule has 2 aliphatic carbocycles. The maximum atomic E-state index is 3.87. The third kappa shape index (κ3) is 2.96. The third-order valence-corrected chi connectivity index (χ3v) is 59.2. The van der Waals surface area contributed by atoms with Crippen molar-refractivity contribution in [2.75, 3.05) is 28.2 Å². The van der Waals surface area contributed by atoms with Crippen LogP contribution in [0.3, 0.4) is 0 Å². The van der Waals surface area contributed by atoms with Gasteiger partial charge in [-0.15, -0.1) is 0 Å². The molecule has 2 atom stereocenters. The van der Waals surface area contributed by atoms with E-state index in [1.165, 1.54) is 42.3 Å². The predicted molar refractivity (Wildman–Crippen MR) is 147 cm³/mol. The Kier molecular flexibility index (Phi) is 6.67. The van der Waals surface area contributed by atoms with Crippen molar-refractivity contribution in [3.8, 4) is 0 Å². The van der Waals surface area contributed by atoms with Gasteiger partial charge < -0.3 is 0 Å². The van der Waals surface area contributed by atoms with Gasteiger partial charge in [0.05, 0.1) is 0 Å². The third-order valence-electron chi connectivity index (χ3n) is 8.77. The molecule has 2 aromatic rings. The summed E-state index contributed by atoms with van der Waals surface area (Å²) in [6, 6.07) is 13.7. The van der Waals surface area contributed by atoms with Crippen molar-refractivity contribution in [2.45, 2.75) is 34.2 Å². The van der Waals surface area contributed by atoms with Crippen LogP contribution in [-0.2, 0) is 18.5 Å². The fourth-order valence-electron chi connectivity index (χ4n) is 7.90. The molecule has 0 aromatic heterocycles. The zero-order valence-electron chi connectivity index (χ0n) is 20.5. The van der Waals surface area contributed by atoms with Gasteiger partial charge in [0.15, 0.2) is 0 Å². The molecule has 171 valence electrons. The molecule has 0 spiro atoms. The minimum absolute atomic E-state index is 0.471. The standard InChI is InChI=1S/2C10H8Br.2C2H6N.C2H7Si.Zr/c2*1-7-5-8-3-2-4-10(11)9(8)6-7;3*1-3-2;/h2*2-6H,1H3;2*1-2H3;3H,1-2H3;/q;;2*-1;;+2. The van der Waals surface area contributed by atoms with Crippen molar-refractivity contribution >= 4 is 49.9 Å². The van der Waals surface area contributed by atoms with Gasteiger partial charge in [0.25, 0.3) is 0 Å². The van der Waals surface area contributed by atoms with Gasteiger partial charge in [-0.1, -0.05) is 0 Å². The summed E-state index contributed by atoms with van der Waals surface area (Å²) in [7, 11) is 9.63. The van der Waals surface area contributed by atoms with E-state index in [0.717, 1.165) is 0 Å². The molecule has 0 saturated heterocycles. The van der Waals surface area contributed by atoms with E-state index in [9.17, 15) is 0 Å². The average molecular weight is 655 g/mol. The molecule has 2 aliphatic rings. The van der Waals surface area contributed by atoms with Crippen LogP contribution in [0.15, 0.2) is 56.5 Å². The van der Waals surface area contributed by atoms with Gasteiger partial charge in [-0.2, -0.15) is 0 Å². The Morgan fingerprint density at radius 3 is 1.41 bits per heavy atom. The quantitative estimate of drug-likeness (QED) is 0.309. The van der Waals surface area contributed by atoms with Crippen LogP contribution in [0.1, 0.15) is 43.4 Å². The normalized spacial score (nSPS) is 21.5. The van der Waals surface area contributed by atoms with Crippen molar-refractivity contribution in [2.24, 2.45) is 0 Å². The first-order chi connectivity index (χ1) is 15.0. The van der Waals surface area contributed by atoms with Gasteiger partial charge in [-0.25, -0.2) is 0 Å². The van der Waals surface area contributed by atoms with Crippen LogP contribution in [0.2, 0.25) is 13.1 Å². The van der Waals surface area contributed by atoms with E-state index in [1.54, 1.807) is 0 Å². The Hall–Kier alpha value is -0.100. The number of hydrogen-bond donors (Lipinski definition) is 0. The van der Waals surface area contributed by atoms with Crippen molar-refractivity contribution in [1.29, 1.82) is 0 Å². The van der Waals surface area contributed by atoms with Crippen molar-refractivity contribution in [3.05, 3.63) is 78.7 Å². The van der Waals surface area contributed by atoms with Crippen LogP contribution in [0, 0.1) is 0 Å². The molecule has 0 radical (unpaired) electrons. The number of halogens is 2. The number of allylic oxidation sites excluding steroid dienone is 2. The zero-order chi connectivity index (χ0) is 23.6. The first-order valence-electron chi connectivity index (χ1n) is 11.4. The van der Waals surface area contributed by atoms with Crippen molar-refractivity contribution < 1.29 is 18.5 Å². The van der Waals surface area contributed by atoms with Crippen LogP contribution in [0.5, 0.6) is 0 Å². The summed E-state index contributed by atoms with van der Waals surface area (Å²) in [6.45, 7) is 10.1. The van der Waals surface area contributed by atoms with E-state index in [1.807, 2.05) is 0 Å². The Morgan fingerprint density at radius 1 is 0.719 bits per heavy atom. The predicted octanol–water partition coefficient (Wildman–Crippen LogP) is 7.45. The minimum atomic E-state index is -4.10. The van der Waals surface area contributed by atoms with Gasteiger partial charge in [0.1, 0.15) is 0 Å². The molecule has 4 rings (SSSR count). The second kappa shape index (κ2) is 8.53. The maximum absolute atomic E-state index is 4.10. The summed E-state index contributed by atoms with van der Waals surface area (Å²) in [5.41, 5.74) is 8.92. The van der Waals surface area contributed by atoms with Crippen LogP contribution >= 0.6 is 31.9 Å². The van der Waals surface area contributed by atoms with Crippen LogP contribution in [0.4, 0.5) is 0 Å². The van der Waals surface area contributed by atoms with E-state index in [0.29, 0.717) is 7.25 Å². The molecule has 32 heavy (non-hydrogen) atoms. The molecule has 0 aliphatic heterocycles. The molecule has 0 bridgehead atoms. The number of fused-ring (bicyclic) bond motifs is 2. The molecule has 0 heterocycles. The molecular weight excluding hydrogens is 619 g/mol. The summed E-state index contributed by atoms with van der Waals surface area (Å²) in [4.78, 5) is 0. The second-order valence-electron chi connectivity index (χ2n) is 10.4. The summed E-state index contributed by atoms with van der Waals surface area (Å²) in [5, 5.41) is 0. The van der Waals surface area contributed by atoms with Gasteiger partial charge >= 0.3 is 215 Å². The monoisotopic (exact) mass is 651 g/mol. The van der Waals surface area contributed by atoms with Gasteiger partial charge in [-0.3, -0.25) is 0 Å². The Labute approximate surface area is 213 Å². The summed E-state index contributed by atoms with van der Waals surface area (Å²) < 4.78 is 8.98. The number of benzene rings is 2. The topological polar surface area (TPSA) is 6.48 Å². The van der Waals surface area contributed by atoms with Crippen LogP contribution in [0.25, 0.3) is 12.2 Å². The van der Waals surface area contributed by atoms with E-state index >= 15 is 0 Å². The van der Waals surface area contributed by atoms with E-state index in [2.05, 4.69) is 141 Å². The summed E-state index contributed by atoms with van der Waals surface area (Å²) in [6.07, 6.45) is 4.94. The first-order valence-corrected chi connectivity index (χ1v) is 25.2. The molecule has 0 amide bonds. The number of rotatable bonds is 5. The molecule has 0 N–H and O–H groups in total. The fraction of sp³-hybridized carbons (Fsp3) is 0.385. The van der Waals surface area contributed by atoms with E-state index < -0.39 is 24.4 Å². The molecular formula is C26H35Br2N2SiZr. The fourth-order valence-corrected chi connectivity index (χ4v) is 59.8. The molecule has 2 unspecified atom stereocenters. The van der Waals surface area contributed by atoms with Crippen molar-refractivity contribution in [1.82, 2.24) is 5.69 Å². The Balaban J connectivity index is 2.19. The first kappa shape index (κ1) is 25.0.